The van der Waals surface area contributed by atoms with E-state index in [0.717, 1.165) is 17.0 Å². The molecule has 2 aromatic rings. The number of halogens is 3. The molecule has 0 spiro atoms. The molecular weight excluding hydrogens is 316 g/mol. The first kappa shape index (κ1) is 15.8. The van der Waals surface area contributed by atoms with E-state index in [1.54, 1.807) is 19.1 Å². The van der Waals surface area contributed by atoms with Gasteiger partial charge < -0.3 is 5.32 Å². The molecule has 0 fully saturated rings. The van der Waals surface area contributed by atoms with Crippen molar-refractivity contribution in [2.45, 2.75) is 17.1 Å². The second-order valence-electron chi connectivity index (χ2n) is 4.31. The number of carbonyl (C=O) groups excluding carboxylic acids is 1. The summed E-state index contributed by atoms with van der Waals surface area (Å²) in [6.07, 6.45) is 0. The zero-order valence-electron chi connectivity index (χ0n) is 11.1. The Hall–Kier alpha value is -1.59. The summed E-state index contributed by atoms with van der Waals surface area (Å²) in [6.45, 7) is 1.71. The van der Waals surface area contributed by atoms with Gasteiger partial charge in [0, 0.05) is 16.6 Å². The molecule has 0 unspecified atom stereocenters. The molecule has 110 valence electrons. The van der Waals surface area contributed by atoms with Crippen molar-refractivity contribution in [2.24, 2.45) is 0 Å². The third-order valence-electron chi connectivity index (χ3n) is 2.70. The summed E-state index contributed by atoms with van der Waals surface area (Å²) in [5.41, 5.74) is 0.213. The van der Waals surface area contributed by atoms with E-state index in [4.69, 9.17) is 11.6 Å². The average molecular weight is 328 g/mol. The topological polar surface area (TPSA) is 29.1 Å². The number of thioether (sulfide) groups is 1. The van der Waals surface area contributed by atoms with Gasteiger partial charge in [0.15, 0.2) is 11.6 Å². The molecule has 1 atom stereocenters. The van der Waals surface area contributed by atoms with Gasteiger partial charge in [-0.05, 0) is 31.2 Å². The Balaban J connectivity index is 2.02. The van der Waals surface area contributed by atoms with Crippen LogP contribution >= 0.6 is 23.4 Å². The van der Waals surface area contributed by atoms with Gasteiger partial charge in [0.05, 0.1) is 10.3 Å². The van der Waals surface area contributed by atoms with Crippen molar-refractivity contribution in [3.05, 3.63) is 59.1 Å². The van der Waals surface area contributed by atoms with Crippen LogP contribution in [0.5, 0.6) is 0 Å². The largest absolute Gasteiger partial charge is 0.325 e. The van der Waals surface area contributed by atoms with Crippen molar-refractivity contribution in [1.82, 2.24) is 0 Å². The van der Waals surface area contributed by atoms with E-state index in [1.807, 2.05) is 12.1 Å². The van der Waals surface area contributed by atoms with Gasteiger partial charge in [0.25, 0.3) is 0 Å². The van der Waals surface area contributed by atoms with Crippen molar-refractivity contribution in [3.8, 4) is 0 Å². The maximum absolute atomic E-state index is 13.1. The minimum atomic E-state index is -1.00. The van der Waals surface area contributed by atoms with Gasteiger partial charge >= 0.3 is 0 Å². The molecule has 21 heavy (non-hydrogen) atoms. The first-order valence-corrected chi connectivity index (χ1v) is 7.40. The van der Waals surface area contributed by atoms with Crippen LogP contribution in [0.1, 0.15) is 6.92 Å². The highest BCUT2D eigenvalue weighted by Crippen LogP contribution is 2.30. The smallest absolute Gasteiger partial charge is 0.237 e. The predicted molar refractivity (Wildman–Crippen MR) is 81.8 cm³/mol. The number of hydrogen-bond acceptors (Lipinski definition) is 2. The number of rotatable bonds is 4. The molecule has 0 aliphatic heterocycles. The first-order chi connectivity index (χ1) is 9.97. The van der Waals surface area contributed by atoms with Crippen LogP contribution in [0.25, 0.3) is 0 Å². The van der Waals surface area contributed by atoms with Gasteiger partial charge in [-0.3, -0.25) is 4.79 Å². The number of anilines is 1. The van der Waals surface area contributed by atoms with Gasteiger partial charge in [-0.15, -0.1) is 11.8 Å². The highest BCUT2D eigenvalue weighted by molar-refractivity contribution is 8.00. The van der Waals surface area contributed by atoms with E-state index in [1.165, 1.54) is 17.8 Å². The van der Waals surface area contributed by atoms with Crippen LogP contribution in [-0.4, -0.2) is 11.2 Å². The molecule has 1 amide bonds. The molecule has 2 aromatic carbocycles. The van der Waals surface area contributed by atoms with Gasteiger partial charge in [-0.2, -0.15) is 0 Å². The van der Waals surface area contributed by atoms with Crippen LogP contribution in [0.15, 0.2) is 47.4 Å². The van der Waals surface area contributed by atoms with E-state index in [0.29, 0.717) is 5.02 Å². The van der Waals surface area contributed by atoms with E-state index < -0.39 is 16.9 Å². The molecular formula is C15H12ClF2NOS. The van der Waals surface area contributed by atoms with Crippen molar-refractivity contribution < 1.29 is 13.6 Å². The van der Waals surface area contributed by atoms with Gasteiger partial charge in [-0.25, -0.2) is 8.78 Å². The fourth-order valence-corrected chi connectivity index (χ4v) is 2.76. The molecule has 0 saturated heterocycles. The minimum Gasteiger partial charge on any atom is -0.325 e. The molecule has 0 aliphatic rings. The third-order valence-corrected chi connectivity index (χ3v) is 4.32. The van der Waals surface area contributed by atoms with E-state index in [9.17, 15) is 13.6 Å². The zero-order chi connectivity index (χ0) is 15.4. The lowest BCUT2D eigenvalue weighted by atomic mass is 10.3. The standard InChI is InChI=1S/C15H12ClF2NOS/c1-9(21-14-5-3-2-4-11(14)16)15(20)19-10-6-7-12(17)13(18)8-10/h2-9H,1H3,(H,19,20)/t9-/m1/s1. The van der Waals surface area contributed by atoms with E-state index >= 15 is 0 Å². The third kappa shape index (κ3) is 4.19. The summed E-state index contributed by atoms with van der Waals surface area (Å²) in [5.74, 6) is -2.27. The average Bonchev–Trinajstić information content (AvgIpc) is 2.45. The summed E-state index contributed by atoms with van der Waals surface area (Å²) in [7, 11) is 0. The second kappa shape index (κ2) is 6.91. The molecule has 0 heterocycles. The maximum atomic E-state index is 13.1. The monoisotopic (exact) mass is 327 g/mol. The number of benzene rings is 2. The molecule has 0 saturated carbocycles. The van der Waals surface area contributed by atoms with Crippen LogP contribution < -0.4 is 5.32 Å². The lowest BCUT2D eigenvalue weighted by Gasteiger charge is -2.13. The maximum Gasteiger partial charge on any atom is 0.237 e. The summed E-state index contributed by atoms with van der Waals surface area (Å²) in [6, 6.07) is 10.4. The van der Waals surface area contributed by atoms with E-state index in [-0.39, 0.29) is 11.6 Å². The lowest BCUT2D eigenvalue weighted by molar-refractivity contribution is -0.115. The van der Waals surface area contributed by atoms with Crippen LogP contribution in [0.2, 0.25) is 5.02 Å². The van der Waals surface area contributed by atoms with Crippen LogP contribution in [0.4, 0.5) is 14.5 Å². The number of carbonyl (C=O) groups is 1. The van der Waals surface area contributed by atoms with Gasteiger partial charge in [0.2, 0.25) is 5.91 Å². The van der Waals surface area contributed by atoms with Crippen LogP contribution in [0, 0.1) is 11.6 Å². The number of nitrogens with one attached hydrogen (secondary N) is 1. The molecule has 1 N–H and O–H groups in total. The SMILES string of the molecule is C[C@@H](Sc1ccccc1Cl)C(=O)Nc1ccc(F)c(F)c1. The summed E-state index contributed by atoms with van der Waals surface area (Å²) in [5, 5.41) is 2.67. The molecule has 0 aliphatic carbocycles. The Labute approximate surface area is 130 Å². The molecule has 2 rings (SSSR count). The Kier molecular flexibility index (Phi) is 5.20. The normalized spacial score (nSPS) is 12.0. The minimum absolute atomic E-state index is 0.213. The summed E-state index contributed by atoms with van der Waals surface area (Å²) in [4.78, 5) is 12.8. The first-order valence-electron chi connectivity index (χ1n) is 6.14. The van der Waals surface area contributed by atoms with Crippen LogP contribution in [-0.2, 0) is 4.79 Å². The molecule has 0 aromatic heterocycles. The predicted octanol–water partition coefficient (Wildman–Crippen LogP) is 4.74. The van der Waals surface area contributed by atoms with Crippen molar-refractivity contribution in [3.63, 3.8) is 0 Å². The molecule has 6 heteroatoms. The fourth-order valence-electron chi connectivity index (χ4n) is 1.60. The van der Waals surface area contributed by atoms with E-state index in [2.05, 4.69) is 5.32 Å². The molecule has 0 radical (unpaired) electrons. The lowest BCUT2D eigenvalue weighted by Crippen LogP contribution is -2.22. The highest BCUT2D eigenvalue weighted by Gasteiger charge is 2.16. The second-order valence-corrected chi connectivity index (χ2v) is 6.10. The highest BCUT2D eigenvalue weighted by atomic mass is 35.5. The Morgan fingerprint density at radius 3 is 2.57 bits per heavy atom. The van der Waals surface area contributed by atoms with Crippen molar-refractivity contribution in [1.29, 1.82) is 0 Å². The summed E-state index contributed by atoms with van der Waals surface area (Å²) < 4.78 is 25.9. The van der Waals surface area contributed by atoms with Crippen LogP contribution in [0.3, 0.4) is 0 Å². The zero-order valence-corrected chi connectivity index (χ0v) is 12.6. The Morgan fingerprint density at radius 1 is 1.19 bits per heavy atom. The Bertz CT molecular complexity index is 666. The van der Waals surface area contributed by atoms with Gasteiger partial charge in [0.1, 0.15) is 0 Å². The fraction of sp³-hybridized carbons (Fsp3) is 0.133. The van der Waals surface area contributed by atoms with Crippen molar-refractivity contribution >= 4 is 35.0 Å². The number of hydrogen-bond donors (Lipinski definition) is 1. The summed E-state index contributed by atoms with van der Waals surface area (Å²) >= 11 is 7.32. The van der Waals surface area contributed by atoms with Crippen molar-refractivity contribution in [2.75, 3.05) is 5.32 Å². The molecule has 0 bridgehead atoms. The Morgan fingerprint density at radius 2 is 1.90 bits per heavy atom. The number of amides is 1. The van der Waals surface area contributed by atoms with Gasteiger partial charge in [-0.1, -0.05) is 23.7 Å². The molecule has 2 nitrogen and oxygen atoms in total. The quantitative estimate of drug-likeness (QED) is 0.822.